The van der Waals surface area contributed by atoms with Crippen LogP contribution in [0.5, 0.6) is 11.5 Å². The number of carbonyl (C=O) groups excluding carboxylic acids is 1. The molecular weight excluding hydrogens is 322 g/mol. The molecule has 1 amide bonds. The SMILES string of the molecule is CCCC[C@H](CC)C(=O)N1CCS[C@@H]1c1cc(OC)cc(OC)c1. The fourth-order valence-corrected chi connectivity index (χ4v) is 4.37. The first-order valence-corrected chi connectivity index (χ1v) is 9.84. The van der Waals surface area contributed by atoms with Gasteiger partial charge in [-0.3, -0.25) is 4.79 Å². The van der Waals surface area contributed by atoms with Gasteiger partial charge in [-0.1, -0.05) is 26.7 Å². The Bertz CT molecular complexity index is 527. The average molecular weight is 352 g/mol. The first-order valence-electron chi connectivity index (χ1n) is 8.79. The third-order valence-corrected chi connectivity index (χ3v) is 5.84. The van der Waals surface area contributed by atoms with E-state index in [0.717, 1.165) is 55.0 Å². The van der Waals surface area contributed by atoms with E-state index in [4.69, 9.17) is 9.47 Å². The summed E-state index contributed by atoms with van der Waals surface area (Å²) in [5.41, 5.74) is 1.08. The van der Waals surface area contributed by atoms with E-state index in [1.54, 1.807) is 14.2 Å². The molecule has 0 radical (unpaired) electrons. The van der Waals surface area contributed by atoms with E-state index in [-0.39, 0.29) is 11.3 Å². The molecule has 0 unspecified atom stereocenters. The third-order valence-electron chi connectivity index (χ3n) is 4.58. The van der Waals surface area contributed by atoms with Gasteiger partial charge in [0.1, 0.15) is 16.9 Å². The number of thioether (sulfide) groups is 1. The van der Waals surface area contributed by atoms with E-state index in [9.17, 15) is 4.79 Å². The maximum absolute atomic E-state index is 13.0. The van der Waals surface area contributed by atoms with Crippen LogP contribution < -0.4 is 9.47 Å². The number of methoxy groups -OCH3 is 2. The fourth-order valence-electron chi connectivity index (χ4n) is 3.13. The second-order valence-corrected chi connectivity index (χ2v) is 7.34. The maximum Gasteiger partial charge on any atom is 0.226 e. The van der Waals surface area contributed by atoms with Gasteiger partial charge >= 0.3 is 0 Å². The lowest BCUT2D eigenvalue weighted by molar-refractivity contribution is -0.136. The van der Waals surface area contributed by atoms with Crippen molar-refractivity contribution >= 4 is 17.7 Å². The predicted molar refractivity (Wildman–Crippen MR) is 99.8 cm³/mol. The van der Waals surface area contributed by atoms with Gasteiger partial charge in [-0.05, 0) is 30.5 Å². The molecule has 0 saturated carbocycles. The van der Waals surface area contributed by atoms with Crippen LogP contribution in [0, 0.1) is 5.92 Å². The molecule has 0 N–H and O–H groups in total. The number of amides is 1. The summed E-state index contributed by atoms with van der Waals surface area (Å²) in [7, 11) is 3.31. The standard InChI is InChI=1S/C19H29NO3S/c1-5-7-8-14(6-2)18(21)20-9-10-24-19(20)15-11-16(22-3)13-17(12-15)23-4/h11-14,19H,5-10H2,1-4H3/t14-,19+/m0/s1. The van der Waals surface area contributed by atoms with E-state index in [1.165, 1.54) is 0 Å². The van der Waals surface area contributed by atoms with Gasteiger partial charge in [0.15, 0.2) is 0 Å². The number of ether oxygens (including phenoxy) is 2. The van der Waals surface area contributed by atoms with Crippen molar-refractivity contribution in [3.8, 4) is 11.5 Å². The zero-order chi connectivity index (χ0) is 17.5. The largest absolute Gasteiger partial charge is 0.497 e. The summed E-state index contributed by atoms with van der Waals surface area (Å²) in [6, 6.07) is 5.89. The van der Waals surface area contributed by atoms with Gasteiger partial charge in [0.2, 0.25) is 5.91 Å². The number of carbonyl (C=O) groups is 1. The van der Waals surface area contributed by atoms with Crippen LogP contribution in [0.2, 0.25) is 0 Å². The lowest BCUT2D eigenvalue weighted by Crippen LogP contribution is -2.35. The van der Waals surface area contributed by atoms with Crippen molar-refractivity contribution in [1.29, 1.82) is 0 Å². The van der Waals surface area contributed by atoms with Crippen LogP contribution in [0.3, 0.4) is 0 Å². The highest BCUT2D eigenvalue weighted by Gasteiger charge is 2.34. The van der Waals surface area contributed by atoms with Crippen molar-refractivity contribution in [1.82, 2.24) is 4.90 Å². The number of rotatable bonds is 8. The Morgan fingerprint density at radius 2 is 1.92 bits per heavy atom. The van der Waals surface area contributed by atoms with E-state index in [1.807, 2.05) is 34.9 Å². The summed E-state index contributed by atoms with van der Waals surface area (Å²) >= 11 is 1.82. The maximum atomic E-state index is 13.0. The Morgan fingerprint density at radius 1 is 1.25 bits per heavy atom. The molecule has 2 rings (SSSR count). The molecule has 2 atom stereocenters. The molecule has 134 valence electrons. The molecule has 4 nitrogen and oxygen atoms in total. The Labute approximate surface area is 149 Å². The summed E-state index contributed by atoms with van der Waals surface area (Å²) in [5.74, 6) is 2.94. The topological polar surface area (TPSA) is 38.8 Å². The van der Waals surface area contributed by atoms with Crippen molar-refractivity contribution in [2.24, 2.45) is 5.92 Å². The van der Waals surface area contributed by atoms with Crippen LogP contribution >= 0.6 is 11.8 Å². The van der Waals surface area contributed by atoms with E-state index >= 15 is 0 Å². The highest BCUT2D eigenvalue weighted by Crippen LogP contribution is 2.41. The number of hydrogen-bond donors (Lipinski definition) is 0. The zero-order valence-corrected chi connectivity index (χ0v) is 16.0. The Kier molecular flexibility index (Phi) is 7.28. The molecule has 0 bridgehead atoms. The van der Waals surface area contributed by atoms with Gasteiger partial charge in [0.05, 0.1) is 14.2 Å². The first-order chi connectivity index (χ1) is 11.6. The molecule has 24 heavy (non-hydrogen) atoms. The van der Waals surface area contributed by atoms with Crippen LogP contribution in [-0.4, -0.2) is 37.3 Å². The van der Waals surface area contributed by atoms with Gasteiger partial charge in [-0.15, -0.1) is 11.8 Å². The number of nitrogens with zero attached hydrogens (tertiary/aromatic N) is 1. The summed E-state index contributed by atoms with van der Waals surface area (Å²) in [5, 5.41) is 0.0529. The minimum atomic E-state index is 0.0529. The van der Waals surface area contributed by atoms with Crippen molar-refractivity contribution in [3.63, 3.8) is 0 Å². The van der Waals surface area contributed by atoms with Gasteiger partial charge in [-0.25, -0.2) is 0 Å². The predicted octanol–water partition coefficient (Wildman–Crippen LogP) is 4.49. The molecule has 5 heteroatoms. The summed E-state index contributed by atoms with van der Waals surface area (Å²) < 4.78 is 10.8. The van der Waals surface area contributed by atoms with Crippen molar-refractivity contribution in [3.05, 3.63) is 23.8 Å². The minimum Gasteiger partial charge on any atom is -0.497 e. The highest BCUT2D eigenvalue weighted by atomic mass is 32.2. The molecule has 1 fully saturated rings. The molecule has 1 aromatic carbocycles. The van der Waals surface area contributed by atoms with Crippen LogP contribution in [0.4, 0.5) is 0 Å². The lowest BCUT2D eigenvalue weighted by Gasteiger charge is -2.28. The molecule has 0 aliphatic carbocycles. The number of unbranched alkanes of at least 4 members (excludes halogenated alkanes) is 1. The van der Waals surface area contributed by atoms with E-state index in [2.05, 4.69) is 13.8 Å². The average Bonchev–Trinajstić information content (AvgIpc) is 3.11. The highest BCUT2D eigenvalue weighted by molar-refractivity contribution is 7.99. The van der Waals surface area contributed by atoms with E-state index in [0.29, 0.717) is 5.91 Å². The first kappa shape index (κ1) is 19.0. The van der Waals surface area contributed by atoms with E-state index < -0.39 is 0 Å². The van der Waals surface area contributed by atoms with Crippen molar-refractivity contribution in [2.45, 2.75) is 44.9 Å². The van der Waals surface area contributed by atoms with Gasteiger partial charge in [0, 0.05) is 24.3 Å². The number of hydrogen-bond acceptors (Lipinski definition) is 4. The smallest absolute Gasteiger partial charge is 0.226 e. The molecule has 0 aromatic heterocycles. The summed E-state index contributed by atoms with van der Waals surface area (Å²) in [4.78, 5) is 15.1. The lowest BCUT2D eigenvalue weighted by atomic mass is 9.97. The molecule has 1 aromatic rings. The molecule has 1 heterocycles. The Balaban J connectivity index is 2.22. The fraction of sp³-hybridized carbons (Fsp3) is 0.632. The normalized spacial score (nSPS) is 18.5. The van der Waals surface area contributed by atoms with Gasteiger partial charge in [0.25, 0.3) is 0 Å². The third kappa shape index (κ3) is 4.38. The van der Waals surface area contributed by atoms with Crippen LogP contribution in [0.1, 0.15) is 50.5 Å². The minimum absolute atomic E-state index is 0.0529. The molecule has 0 spiro atoms. The van der Waals surface area contributed by atoms with Gasteiger partial charge < -0.3 is 14.4 Å². The monoisotopic (exact) mass is 351 g/mol. The quantitative estimate of drug-likeness (QED) is 0.691. The van der Waals surface area contributed by atoms with Crippen LogP contribution in [-0.2, 0) is 4.79 Å². The second kappa shape index (κ2) is 9.21. The van der Waals surface area contributed by atoms with Crippen molar-refractivity contribution in [2.75, 3.05) is 26.5 Å². The number of benzene rings is 1. The van der Waals surface area contributed by atoms with Crippen LogP contribution in [0.15, 0.2) is 18.2 Å². The van der Waals surface area contributed by atoms with Crippen molar-refractivity contribution < 1.29 is 14.3 Å². The molecule has 1 aliphatic rings. The summed E-state index contributed by atoms with van der Waals surface area (Å²) in [6.45, 7) is 5.11. The second-order valence-electron chi connectivity index (χ2n) is 6.15. The Hall–Kier alpha value is -1.36. The molecule has 1 aliphatic heterocycles. The van der Waals surface area contributed by atoms with Gasteiger partial charge in [-0.2, -0.15) is 0 Å². The van der Waals surface area contributed by atoms with Crippen LogP contribution in [0.25, 0.3) is 0 Å². The Morgan fingerprint density at radius 3 is 2.46 bits per heavy atom. The zero-order valence-electron chi connectivity index (χ0n) is 15.2. The summed E-state index contributed by atoms with van der Waals surface area (Å²) in [6.07, 6.45) is 4.15. The molecular formula is C19H29NO3S. The molecule has 1 saturated heterocycles.